The van der Waals surface area contributed by atoms with Crippen molar-refractivity contribution >= 4 is 22.5 Å². The van der Waals surface area contributed by atoms with Crippen molar-refractivity contribution in [1.82, 2.24) is 34.5 Å². The number of benzene rings is 1. The summed E-state index contributed by atoms with van der Waals surface area (Å²) in [7, 11) is 1.58. The lowest BCUT2D eigenvalue weighted by Crippen LogP contribution is -2.53. The number of nitrogens with zero attached hydrogens (tertiary/aromatic N) is 7. The van der Waals surface area contributed by atoms with Gasteiger partial charge in [0, 0.05) is 30.9 Å². The van der Waals surface area contributed by atoms with E-state index in [0.29, 0.717) is 34.4 Å². The van der Waals surface area contributed by atoms with E-state index in [9.17, 15) is 8.78 Å². The van der Waals surface area contributed by atoms with Gasteiger partial charge >= 0.3 is 0 Å². The number of nitrogens with one attached hydrogen (secondary N) is 1. The van der Waals surface area contributed by atoms with Crippen LogP contribution in [0, 0.1) is 0 Å². The fraction of sp³-hybridized carbons (Fsp3) is 0.500. The molecule has 2 aliphatic rings. The number of ether oxygens (including phenoxy) is 2. The van der Waals surface area contributed by atoms with Crippen LogP contribution in [-0.4, -0.2) is 93.3 Å². The van der Waals surface area contributed by atoms with Crippen molar-refractivity contribution in [2.45, 2.75) is 31.0 Å². The van der Waals surface area contributed by atoms with E-state index in [0.717, 1.165) is 50.3 Å². The van der Waals surface area contributed by atoms with Gasteiger partial charge in [-0.25, -0.2) is 18.0 Å². The maximum Gasteiger partial charge on any atom is 0.244 e. The summed E-state index contributed by atoms with van der Waals surface area (Å²) in [6.45, 7) is 2.00. The molecule has 2 saturated heterocycles. The van der Waals surface area contributed by atoms with Gasteiger partial charge < -0.3 is 14.8 Å². The zero-order valence-corrected chi connectivity index (χ0v) is 20.0. The van der Waals surface area contributed by atoms with E-state index in [1.54, 1.807) is 17.7 Å². The zero-order chi connectivity index (χ0) is 24.6. The molecule has 10 nitrogen and oxygen atoms in total. The average Bonchev–Trinajstić information content (AvgIpc) is 3.49. The second-order valence-corrected chi connectivity index (χ2v) is 9.31. The number of methoxy groups -OCH3 is 1. The van der Waals surface area contributed by atoms with E-state index in [1.807, 2.05) is 24.4 Å². The van der Waals surface area contributed by atoms with Crippen LogP contribution in [0.2, 0.25) is 0 Å². The summed E-state index contributed by atoms with van der Waals surface area (Å²) in [4.78, 5) is 7.14. The molecular formula is C24H28F2N8O2. The number of piperidine rings is 1. The molecule has 0 atom stereocenters. The van der Waals surface area contributed by atoms with Crippen LogP contribution in [0.4, 0.5) is 14.7 Å². The zero-order valence-electron chi connectivity index (χ0n) is 20.0. The van der Waals surface area contributed by atoms with Gasteiger partial charge in [-0.15, -0.1) is 10.2 Å². The molecule has 0 amide bonds. The minimum absolute atomic E-state index is 0.286. The van der Waals surface area contributed by atoms with Crippen LogP contribution >= 0.6 is 0 Å². The molecule has 6 rings (SSSR count). The monoisotopic (exact) mass is 498 g/mol. The molecule has 36 heavy (non-hydrogen) atoms. The van der Waals surface area contributed by atoms with Crippen LogP contribution in [-0.2, 0) is 4.74 Å². The lowest BCUT2D eigenvalue weighted by Gasteiger charge is -2.41. The second-order valence-electron chi connectivity index (χ2n) is 9.31. The summed E-state index contributed by atoms with van der Waals surface area (Å²) in [5, 5.41) is 16.2. The molecule has 0 saturated carbocycles. The van der Waals surface area contributed by atoms with Crippen LogP contribution in [0.25, 0.3) is 27.7 Å². The summed E-state index contributed by atoms with van der Waals surface area (Å²) < 4.78 is 40.7. The molecular weight excluding hydrogens is 470 g/mol. The smallest absolute Gasteiger partial charge is 0.244 e. The third-order valence-corrected chi connectivity index (χ3v) is 7.16. The number of hydrogen-bond donors (Lipinski definition) is 1. The maximum atomic E-state index is 13.3. The van der Waals surface area contributed by atoms with E-state index in [1.165, 1.54) is 4.68 Å². The highest BCUT2D eigenvalue weighted by Gasteiger charge is 2.30. The lowest BCUT2D eigenvalue weighted by molar-refractivity contribution is -0.0705. The summed E-state index contributed by atoms with van der Waals surface area (Å²) in [6.07, 6.45) is 3.88. The number of alkyl halides is 2. The van der Waals surface area contributed by atoms with Crippen molar-refractivity contribution in [1.29, 1.82) is 0 Å². The van der Waals surface area contributed by atoms with E-state index < -0.39 is 19.4 Å². The summed E-state index contributed by atoms with van der Waals surface area (Å²) in [5.74, 6) is 0.951. The molecule has 12 heteroatoms. The van der Waals surface area contributed by atoms with Gasteiger partial charge in [0.2, 0.25) is 11.8 Å². The van der Waals surface area contributed by atoms with Gasteiger partial charge in [0.25, 0.3) is 0 Å². The molecule has 2 fully saturated rings. The summed E-state index contributed by atoms with van der Waals surface area (Å²) in [6, 6.07) is 7.28. The molecule has 1 aromatic carbocycles. The molecule has 0 spiro atoms. The molecule has 1 N–H and O–H groups in total. The summed E-state index contributed by atoms with van der Waals surface area (Å²) >= 11 is 0. The third kappa shape index (κ3) is 4.03. The van der Waals surface area contributed by atoms with Gasteiger partial charge in [-0.1, -0.05) is 11.3 Å². The largest absolute Gasteiger partial charge is 0.479 e. The molecule has 0 bridgehead atoms. The molecule has 2 aliphatic heterocycles. The Bertz CT molecular complexity index is 1360. The normalized spacial score (nSPS) is 17.8. The molecule has 5 heterocycles. The quantitative estimate of drug-likeness (QED) is 0.396. The molecule has 0 radical (unpaired) electrons. The van der Waals surface area contributed by atoms with Crippen LogP contribution in [0.5, 0.6) is 5.88 Å². The maximum absolute atomic E-state index is 13.3. The number of fused-ring (bicyclic) bond motifs is 2. The van der Waals surface area contributed by atoms with Crippen LogP contribution < -0.4 is 10.1 Å². The highest BCUT2D eigenvalue weighted by Crippen LogP contribution is 2.33. The number of rotatable bonds is 8. The Labute approximate surface area is 206 Å². The van der Waals surface area contributed by atoms with Gasteiger partial charge in [-0.2, -0.15) is 4.98 Å². The minimum atomic E-state index is -1.00. The van der Waals surface area contributed by atoms with Gasteiger partial charge in [-0.3, -0.25) is 4.90 Å². The topological polar surface area (TPSA) is 94.6 Å². The van der Waals surface area contributed by atoms with Crippen molar-refractivity contribution in [3.8, 4) is 17.0 Å². The lowest BCUT2D eigenvalue weighted by atomic mass is 10.0. The Kier molecular flexibility index (Phi) is 6.13. The fourth-order valence-corrected chi connectivity index (χ4v) is 5.00. The van der Waals surface area contributed by atoms with Gasteiger partial charge in [-0.05, 0) is 36.6 Å². The number of hydrogen-bond acceptors (Lipinski definition) is 8. The van der Waals surface area contributed by atoms with Crippen molar-refractivity contribution in [2.75, 3.05) is 52.1 Å². The minimum Gasteiger partial charge on any atom is -0.479 e. The van der Waals surface area contributed by atoms with E-state index in [2.05, 4.69) is 30.6 Å². The number of anilines is 1. The Morgan fingerprint density at radius 3 is 2.67 bits per heavy atom. The van der Waals surface area contributed by atoms with E-state index in [4.69, 9.17) is 9.47 Å². The first-order chi connectivity index (χ1) is 17.7. The summed E-state index contributed by atoms with van der Waals surface area (Å²) in [5.41, 5.74) is 3.49. The predicted octanol–water partition coefficient (Wildman–Crippen LogP) is 2.90. The number of aromatic nitrogens is 6. The Hall–Kier alpha value is -3.38. The SMILES string of the molecule is COc1nc(NC2CCN(C3COC3)CC2)nn2ccc(-c3ccc4nnn(C(CF)CF)c4c3)c12. The third-order valence-electron chi connectivity index (χ3n) is 7.16. The fourth-order valence-electron chi connectivity index (χ4n) is 5.00. The number of likely N-dealkylation sites (tertiary alicyclic amines) is 1. The Morgan fingerprint density at radius 2 is 1.97 bits per heavy atom. The van der Waals surface area contributed by atoms with Crippen molar-refractivity contribution in [3.05, 3.63) is 30.5 Å². The van der Waals surface area contributed by atoms with Crippen molar-refractivity contribution < 1.29 is 18.3 Å². The Morgan fingerprint density at radius 1 is 1.17 bits per heavy atom. The second kappa shape index (κ2) is 9.58. The predicted molar refractivity (Wildman–Crippen MR) is 130 cm³/mol. The molecule has 3 aromatic heterocycles. The van der Waals surface area contributed by atoms with Crippen molar-refractivity contribution in [2.24, 2.45) is 0 Å². The molecule has 0 aliphatic carbocycles. The highest BCUT2D eigenvalue weighted by atomic mass is 19.1. The van der Waals surface area contributed by atoms with E-state index >= 15 is 0 Å². The first-order valence-corrected chi connectivity index (χ1v) is 12.2. The average molecular weight is 499 g/mol. The van der Waals surface area contributed by atoms with Crippen LogP contribution in [0.3, 0.4) is 0 Å². The molecule has 0 unspecified atom stereocenters. The van der Waals surface area contributed by atoms with Gasteiger partial charge in [0.05, 0.1) is 31.9 Å². The van der Waals surface area contributed by atoms with Crippen LogP contribution in [0.1, 0.15) is 18.9 Å². The van der Waals surface area contributed by atoms with Crippen LogP contribution in [0.15, 0.2) is 30.5 Å². The number of halogens is 2. The first kappa shape index (κ1) is 23.0. The Balaban J connectivity index is 1.28. The van der Waals surface area contributed by atoms with Gasteiger partial charge in [0.1, 0.15) is 30.4 Å². The molecule has 4 aromatic rings. The van der Waals surface area contributed by atoms with E-state index in [-0.39, 0.29) is 6.04 Å². The van der Waals surface area contributed by atoms with Gasteiger partial charge in [0.15, 0.2) is 0 Å². The standard InChI is InChI=1S/C24H28F2N8O2/c1-35-23-22-19(15-2-3-20-21(10-15)34(31-29-20)17(11-25)12-26)6-9-33(22)30-24(28-23)27-16-4-7-32(8-5-16)18-13-36-14-18/h2-3,6,9-10,16-18H,4-5,7-8,11-14H2,1H3,(H,27,30). The highest BCUT2D eigenvalue weighted by molar-refractivity contribution is 5.89. The molecule has 190 valence electrons. The van der Waals surface area contributed by atoms with Crippen molar-refractivity contribution in [3.63, 3.8) is 0 Å². The first-order valence-electron chi connectivity index (χ1n) is 12.2.